The molecule has 2 rings (SSSR count). The number of rotatable bonds is 3. The third-order valence-electron chi connectivity index (χ3n) is 2.01. The molecule has 1 aromatic heterocycles. The van der Waals surface area contributed by atoms with Crippen molar-refractivity contribution >= 4 is 11.5 Å². The summed E-state index contributed by atoms with van der Waals surface area (Å²) < 4.78 is 0. The summed E-state index contributed by atoms with van der Waals surface area (Å²) in [6, 6.07) is 9.19. The van der Waals surface area contributed by atoms with Gasteiger partial charge in [0.2, 0.25) is 5.82 Å². The normalized spacial score (nSPS) is 9.93. The number of nitrogens with one attached hydrogen (secondary N) is 2. The van der Waals surface area contributed by atoms with Gasteiger partial charge in [0.25, 0.3) is 0 Å². The zero-order valence-electron chi connectivity index (χ0n) is 7.64. The predicted molar refractivity (Wildman–Crippen MR) is 54.9 cm³/mol. The van der Waals surface area contributed by atoms with Gasteiger partial charge in [-0.05, 0) is 5.18 Å². The lowest BCUT2D eigenvalue weighted by atomic mass is 10.1. The van der Waals surface area contributed by atoms with Crippen LogP contribution in [0.2, 0.25) is 0 Å². The highest BCUT2D eigenvalue weighted by Gasteiger charge is 2.14. The molecule has 76 valence electrons. The average Bonchev–Trinajstić information content (AvgIpc) is 2.72. The van der Waals surface area contributed by atoms with E-state index < -0.39 is 0 Å². The summed E-state index contributed by atoms with van der Waals surface area (Å²) in [5.74, 6) is -0.101. The first-order valence-electron chi connectivity index (χ1n) is 4.24. The fraction of sp³-hybridized carbons (Fsp3) is 0. The Balaban J connectivity index is 2.54. The highest BCUT2D eigenvalue weighted by molar-refractivity contribution is 5.80. The van der Waals surface area contributed by atoms with Crippen molar-refractivity contribution in [2.24, 2.45) is 5.18 Å². The molecule has 0 unspecified atom stereocenters. The van der Waals surface area contributed by atoms with E-state index in [1.54, 1.807) is 0 Å². The van der Waals surface area contributed by atoms with Crippen molar-refractivity contribution in [1.29, 1.82) is 0 Å². The van der Waals surface area contributed by atoms with E-state index in [-0.39, 0.29) is 11.5 Å². The van der Waals surface area contributed by atoms with E-state index in [2.05, 4.69) is 15.4 Å². The van der Waals surface area contributed by atoms with Gasteiger partial charge in [-0.2, -0.15) is 0 Å². The lowest BCUT2D eigenvalue weighted by molar-refractivity contribution is 0.389. The van der Waals surface area contributed by atoms with Gasteiger partial charge in [0, 0.05) is 5.56 Å². The molecule has 0 aliphatic carbocycles. The molecule has 0 bridgehead atoms. The molecule has 1 aromatic carbocycles. The van der Waals surface area contributed by atoms with Crippen LogP contribution in [-0.2, 0) is 0 Å². The molecule has 0 spiro atoms. The molecule has 0 aliphatic rings. The molecule has 6 nitrogen and oxygen atoms in total. The summed E-state index contributed by atoms with van der Waals surface area (Å²) in [4.78, 5) is 10.3. The van der Waals surface area contributed by atoms with Crippen LogP contribution in [0.5, 0.6) is 0 Å². The molecule has 6 heteroatoms. The summed E-state index contributed by atoms with van der Waals surface area (Å²) in [6.45, 7) is 0. The average molecular weight is 204 g/mol. The number of aromatic nitrogens is 2. The Morgan fingerprint density at radius 3 is 2.67 bits per heavy atom. The van der Waals surface area contributed by atoms with Crippen LogP contribution in [0.15, 0.2) is 35.5 Å². The molecule has 0 fully saturated rings. The van der Waals surface area contributed by atoms with E-state index in [0.717, 1.165) is 5.56 Å². The number of benzene rings is 1. The zero-order chi connectivity index (χ0) is 10.7. The molecule has 0 saturated heterocycles. The summed E-state index contributed by atoms with van der Waals surface area (Å²) in [5.41, 5.74) is 3.41. The minimum atomic E-state index is -0.101. The minimum Gasteiger partial charge on any atom is -0.291 e. The second-order valence-electron chi connectivity index (χ2n) is 2.87. The maximum absolute atomic E-state index is 10.3. The summed E-state index contributed by atoms with van der Waals surface area (Å²) in [7, 11) is 0. The van der Waals surface area contributed by atoms with Gasteiger partial charge in [0.05, 0.1) is 5.69 Å². The van der Waals surface area contributed by atoms with Crippen molar-refractivity contribution < 1.29 is 5.21 Å². The van der Waals surface area contributed by atoms with Crippen LogP contribution in [0.4, 0.5) is 11.5 Å². The highest BCUT2D eigenvalue weighted by Crippen LogP contribution is 2.32. The standard InChI is InChI=1S/C9H8N4O2/c14-12-8-7(10-11-9(8)13-15)6-4-2-1-3-5-6/h1-5,12,14H,(H,10,11). The number of anilines is 1. The van der Waals surface area contributed by atoms with Gasteiger partial charge in [-0.15, -0.1) is 10.0 Å². The maximum Gasteiger partial charge on any atom is 0.243 e. The van der Waals surface area contributed by atoms with Gasteiger partial charge in [-0.3, -0.25) is 15.8 Å². The number of nitrogens with zero attached hydrogens (tertiary/aromatic N) is 2. The van der Waals surface area contributed by atoms with Crippen molar-refractivity contribution in [1.82, 2.24) is 10.2 Å². The van der Waals surface area contributed by atoms with Gasteiger partial charge in [0.1, 0.15) is 5.69 Å². The molecule has 0 aliphatic heterocycles. The summed E-state index contributed by atoms with van der Waals surface area (Å²) in [5, 5.41) is 17.8. The molecule has 15 heavy (non-hydrogen) atoms. The molecule has 3 N–H and O–H groups in total. The van der Waals surface area contributed by atoms with Crippen LogP contribution in [0.3, 0.4) is 0 Å². The quantitative estimate of drug-likeness (QED) is 0.528. The fourth-order valence-corrected chi connectivity index (χ4v) is 1.32. The molecular weight excluding hydrogens is 196 g/mol. The molecule has 0 saturated carbocycles. The molecule has 1 heterocycles. The highest BCUT2D eigenvalue weighted by atomic mass is 16.5. The number of nitroso groups, excluding NO2 is 1. The zero-order valence-corrected chi connectivity index (χ0v) is 7.64. The van der Waals surface area contributed by atoms with Gasteiger partial charge in [-0.1, -0.05) is 30.3 Å². The fourth-order valence-electron chi connectivity index (χ4n) is 1.32. The van der Waals surface area contributed by atoms with Crippen molar-refractivity contribution in [3.05, 3.63) is 35.2 Å². The molecule has 0 radical (unpaired) electrons. The Hall–Kier alpha value is -2.21. The Morgan fingerprint density at radius 1 is 1.33 bits per heavy atom. The summed E-state index contributed by atoms with van der Waals surface area (Å²) in [6.07, 6.45) is 0. The first kappa shape index (κ1) is 9.35. The smallest absolute Gasteiger partial charge is 0.243 e. The van der Waals surface area contributed by atoms with E-state index in [9.17, 15) is 4.91 Å². The first-order chi connectivity index (χ1) is 7.36. The van der Waals surface area contributed by atoms with E-state index in [4.69, 9.17) is 5.21 Å². The van der Waals surface area contributed by atoms with Gasteiger partial charge in [-0.25, -0.2) is 0 Å². The predicted octanol–water partition coefficient (Wildman–Crippen LogP) is 2.28. The van der Waals surface area contributed by atoms with Crippen LogP contribution >= 0.6 is 0 Å². The Bertz CT molecular complexity index is 466. The van der Waals surface area contributed by atoms with Crippen LogP contribution in [0, 0.1) is 4.91 Å². The van der Waals surface area contributed by atoms with Crippen molar-refractivity contribution in [2.45, 2.75) is 0 Å². The van der Waals surface area contributed by atoms with E-state index in [0.29, 0.717) is 5.69 Å². The van der Waals surface area contributed by atoms with Crippen LogP contribution < -0.4 is 5.48 Å². The van der Waals surface area contributed by atoms with Crippen LogP contribution in [-0.4, -0.2) is 15.4 Å². The molecule has 2 aromatic rings. The van der Waals surface area contributed by atoms with Crippen LogP contribution in [0.25, 0.3) is 11.3 Å². The SMILES string of the molecule is O=Nc1n[nH]c(-c2ccccc2)c1NO. The second-order valence-corrected chi connectivity index (χ2v) is 2.87. The van der Waals surface area contributed by atoms with Crippen molar-refractivity contribution in [3.63, 3.8) is 0 Å². The molecule has 0 amide bonds. The number of hydrogen-bond donors (Lipinski definition) is 3. The number of aromatic amines is 1. The molecular formula is C9H8N4O2. The van der Waals surface area contributed by atoms with Gasteiger partial charge in [0.15, 0.2) is 0 Å². The maximum atomic E-state index is 10.3. The van der Waals surface area contributed by atoms with Crippen molar-refractivity contribution in [2.75, 3.05) is 5.48 Å². The number of H-pyrrole nitrogens is 1. The van der Waals surface area contributed by atoms with Crippen LogP contribution in [0.1, 0.15) is 0 Å². The third kappa shape index (κ3) is 1.57. The Labute approximate surface area is 84.9 Å². The lowest BCUT2D eigenvalue weighted by Gasteiger charge is -2.00. The Morgan fingerprint density at radius 2 is 2.07 bits per heavy atom. The summed E-state index contributed by atoms with van der Waals surface area (Å²) >= 11 is 0. The third-order valence-corrected chi connectivity index (χ3v) is 2.01. The van der Waals surface area contributed by atoms with E-state index in [1.807, 2.05) is 35.8 Å². The monoisotopic (exact) mass is 204 g/mol. The minimum absolute atomic E-state index is 0.101. The number of hydrogen-bond acceptors (Lipinski definition) is 5. The van der Waals surface area contributed by atoms with E-state index in [1.165, 1.54) is 0 Å². The topological polar surface area (TPSA) is 90.4 Å². The van der Waals surface area contributed by atoms with Crippen molar-refractivity contribution in [3.8, 4) is 11.3 Å². The first-order valence-corrected chi connectivity index (χ1v) is 4.24. The Kier molecular flexibility index (Phi) is 2.42. The lowest BCUT2D eigenvalue weighted by Crippen LogP contribution is -1.90. The second kappa shape index (κ2) is 3.89. The van der Waals surface area contributed by atoms with E-state index >= 15 is 0 Å². The largest absolute Gasteiger partial charge is 0.291 e. The molecule has 0 atom stereocenters. The van der Waals surface area contributed by atoms with Gasteiger partial charge < -0.3 is 0 Å². The van der Waals surface area contributed by atoms with Gasteiger partial charge >= 0.3 is 0 Å².